The summed E-state index contributed by atoms with van der Waals surface area (Å²) in [7, 11) is 0. The number of nitrogens with zero attached hydrogens (tertiary/aromatic N) is 1. The molecule has 0 heterocycles. The van der Waals surface area contributed by atoms with Gasteiger partial charge in [0.15, 0.2) is 12.4 Å². The summed E-state index contributed by atoms with van der Waals surface area (Å²) < 4.78 is 45.2. The van der Waals surface area contributed by atoms with E-state index in [9.17, 15) is 28.1 Å². The predicted octanol–water partition coefficient (Wildman–Crippen LogP) is 2.29. The highest BCUT2D eigenvalue weighted by atomic mass is 19.4. The number of nitro benzene ring substituents is 1. The average molecular weight is 308 g/mol. The zero-order valence-electron chi connectivity index (χ0n) is 10.8. The van der Waals surface area contributed by atoms with Gasteiger partial charge in [0.2, 0.25) is 0 Å². The maximum atomic E-state index is 12.1. The van der Waals surface area contributed by atoms with Crippen LogP contribution in [0.4, 0.5) is 24.5 Å². The van der Waals surface area contributed by atoms with Crippen LogP contribution >= 0.6 is 0 Å². The Morgan fingerprint density at radius 3 is 2.52 bits per heavy atom. The molecular formula is C11H11F3N2O5. The number of hydrogen-bond donors (Lipinski definition) is 1. The van der Waals surface area contributed by atoms with E-state index in [-0.39, 0.29) is 12.2 Å². The highest BCUT2D eigenvalue weighted by Crippen LogP contribution is 2.36. The van der Waals surface area contributed by atoms with Crippen molar-refractivity contribution in [2.24, 2.45) is 0 Å². The Kier molecular flexibility index (Phi) is 4.95. The molecule has 2 N–H and O–H groups in total. The smallest absolute Gasteiger partial charge is 0.422 e. The van der Waals surface area contributed by atoms with Crippen LogP contribution in [0.1, 0.15) is 17.3 Å². The van der Waals surface area contributed by atoms with Gasteiger partial charge in [0, 0.05) is 0 Å². The van der Waals surface area contributed by atoms with Crippen molar-refractivity contribution >= 4 is 17.3 Å². The van der Waals surface area contributed by atoms with Crippen molar-refractivity contribution in [3.63, 3.8) is 0 Å². The Balaban J connectivity index is 3.20. The Morgan fingerprint density at radius 1 is 1.43 bits per heavy atom. The minimum absolute atomic E-state index is 0.0123. The van der Waals surface area contributed by atoms with E-state index in [0.717, 1.165) is 12.1 Å². The lowest BCUT2D eigenvalue weighted by atomic mass is 10.1. The third-order valence-electron chi connectivity index (χ3n) is 2.25. The van der Waals surface area contributed by atoms with Crippen molar-refractivity contribution in [3.05, 3.63) is 27.8 Å². The van der Waals surface area contributed by atoms with Crippen molar-refractivity contribution in [1.29, 1.82) is 0 Å². The number of halogens is 3. The second kappa shape index (κ2) is 6.29. The SMILES string of the molecule is CCOC(=O)c1ccc(OCC(F)(F)F)c([N+](=O)[O-])c1N. The molecule has 0 bridgehead atoms. The van der Waals surface area contributed by atoms with Crippen molar-refractivity contribution in [2.75, 3.05) is 18.9 Å². The van der Waals surface area contributed by atoms with E-state index in [1.165, 1.54) is 6.92 Å². The molecule has 0 unspecified atom stereocenters. The summed E-state index contributed by atoms with van der Waals surface area (Å²) in [5, 5.41) is 10.9. The van der Waals surface area contributed by atoms with Gasteiger partial charge in [-0.15, -0.1) is 0 Å². The van der Waals surface area contributed by atoms with E-state index in [2.05, 4.69) is 9.47 Å². The van der Waals surface area contributed by atoms with Crippen molar-refractivity contribution in [3.8, 4) is 5.75 Å². The minimum atomic E-state index is -4.66. The number of carbonyl (C=O) groups excluding carboxylic acids is 1. The molecular weight excluding hydrogens is 297 g/mol. The number of rotatable bonds is 5. The fourth-order valence-corrected chi connectivity index (χ4v) is 1.44. The number of carbonyl (C=O) groups is 1. The summed E-state index contributed by atoms with van der Waals surface area (Å²) in [4.78, 5) is 21.4. The van der Waals surface area contributed by atoms with Gasteiger partial charge in [-0.2, -0.15) is 13.2 Å². The maximum Gasteiger partial charge on any atom is 0.422 e. The Morgan fingerprint density at radius 2 is 2.05 bits per heavy atom. The molecule has 0 saturated heterocycles. The van der Waals surface area contributed by atoms with E-state index in [0.29, 0.717) is 0 Å². The summed E-state index contributed by atoms with van der Waals surface area (Å²) >= 11 is 0. The molecule has 0 aliphatic carbocycles. The number of esters is 1. The summed E-state index contributed by atoms with van der Waals surface area (Å²) in [6.45, 7) is -0.187. The van der Waals surface area contributed by atoms with E-state index in [1.807, 2.05) is 0 Å². The van der Waals surface area contributed by atoms with E-state index < -0.39 is 40.8 Å². The highest BCUT2D eigenvalue weighted by Gasteiger charge is 2.32. The first kappa shape index (κ1) is 16.5. The van der Waals surface area contributed by atoms with Gasteiger partial charge in [-0.25, -0.2) is 4.79 Å². The third kappa shape index (κ3) is 4.23. The lowest BCUT2D eigenvalue weighted by Gasteiger charge is -2.12. The lowest BCUT2D eigenvalue weighted by Crippen LogP contribution is -2.20. The Hall–Kier alpha value is -2.52. The summed E-state index contributed by atoms with van der Waals surface area (Å²) in [5.74, 6) is -1.59. The fraction of sp³-hybridized carbons (Fsp3) is 0.364. The molecule has 0 aromatic heterocycles. The maximum absolute atomic E-state index is 12.1. The number of nitrogens with two attached hydrogens (primary N) is 1. The monoisotopic (exact) mass is 308 g/mol. The Labute approximate surface area is 116 Å². The molecule has 0 spiro atoms. The quantitative estimate of drug-likeness (QED) is 0.387. The van der Waals surface area contributed by atoms with Gasteiger partial charge < -0.3 is 15.2 Å². The zero-order valence-corrected chi connectivity index (χ0v) is 10.8. The summed E-state index contributed by atoms with van der Waals surface area (Å²) in [5.41, 5.74) is 3.61. The molecule has 0 amide bonds. The molecule has 0 saturated carbocycles. The number of alkyl halides is 3. The largest absolute Gasteiger partial charge is 0.477 e. The summed E-state index contributed by atoms with van der Waals surface area (Å²) in [6.07, 6.45) is -4.66. The van der Waals surface area contributed by atoms with Crippen LogP contribution in [0.3, 0.4) is 0 Å². The number of hydrogen-bond acceptors (Lipinski definition) is 6. The first-order chi connectivity index (χ1) is 9.67. The standard InChI is InChI=1S/C11H11F3N2O5/c1-2-20-10(17)6-3-4-7(21-5-11(12,13)14)9(8(6)15)16(18)19/h3-4H,2,5,15H2,1H3. The fourth-order valence-electron chi connectivity index (χ4n) is 1.44. The normalized spacial score (nSPS) is 11.0. The van der Waals surface area contributed by atoms with Crippen LogP contribution in [-0.2, 0) is 4.74 Å². The number of benzene rings is 1. The van der Waals surface area contributed by atoms with E-state index >= 15 is 0 Å². The molecule has 7 nitrogen and oxygen atoms in total. The highest BCUT2D eigenvalue weighted by molar-refractivity contribution is 5.98. The van der Waals surface area contributed by atoms with Gasteiger partial charge >= 0.3 is 17.8 Å². The van der Waals surface area contributed by atoms with E-state index in [1.54, 1.807) is 0 Å². The molecule has 10 heteroatoms. The van der Waals surface area contributed by atoms with Crippen LogP contribution in [0.2, 0.25) is 0 Å². The molecule has 1 aromatic rings. The van der Waals surface area contributed by atoms with Crippen molar-refractivity contribution < 1.29 is 32.4 Å². The molecule has 116 valence electrons. The molecule has 1 rings (SSSR count). The number of nitrogen functional groups attached to an aromatic ring is 1. The number of ether oxygens (including phenoxy) is 2. The van der Waals surface area contributed by atoms with Gasteiger partial charge in [0.25, 0.3) is 0 Å². The molecule has 0 aliphatic rings. The van der Waals surface area contributed by atoms with Crippen LogP contribution in [-0.4, -0.2) is 30.3 Å². The average Bonchev–Trinajstić information content (AvgIpc) is 2.35. The molecule has 1 aromatic carbocycles. The zero-order chi connectivity index (χ0) is 16.2. The summed E-state index contributed by atoms with van der Waals surface area (Å²) in [6, 6.07) is 1.87. The van der Waals surface area contributed by atoms with Crippen LogP contribution in [0.15, 0.2) is 12.1 Å². The molecule has 0 radical (unpaired) electrons. The number of nitro groups is 1. The first-order valence-corrected chi connectivity index (χ1v) is 5.61. The Bertz CT molecular complexity index is 560. The van der Waals surface area contributed by atoms with Crippen LogP contribution in [0.5, 0.6) is 5.75 Å². The van der Waals surface area contributed by atoms with Crippen LogP contribution in [0.25, 0.3) is 0 Å². The van der Waals surface area contributed by atoms with Crippen molar-refractivity contribution in [2.45, 2.75) is 13.1 Å². The topological polar surface area (TPSA) is 105 Å². The van der Waals surface area contributed by atoms with Crippen molar-refractivity contribution in [1.82, 2.24) is 0 Å². The molecule has 0 aliphatic heterocycles. The predicted molar refractivity (Wildman–Crippen MR) is 65.0 cm³/mol. The lowest BCUT2D eigenvalue weighted by molar-refractivity contribution is -0.385. The van der Waals surface area contributed by atoms with Gasteiger partial charge in [0.05, 0.1) is 17.1 Å². The molecule has 21 heavy (non-hydrogen) atoms. The second-order valence-corrected chi connectivity index (χ2v) is 3.75. The second-order valence-electron chi connectivity index (χ2n) is 3.75. The van der Waals surface area contributed by atoms with E-state index in [4.69, 9.17) is 5.73 Å². The molecule has 0 fully saturated rings. The molecule has 0 atom stereocenters. The van der Waals surface area contributed by atoms with Gasteiger partial charge in [-0.05, 0) is 19.1 Å². The van der Waals surface area contributed by atoms with Gasteiger partial charge in [0.1, 0.15) is 5.69 Å². The van der Waals surface area contributed by atoms with Gasteiger partial charge in [-0.3, -0.25) is 10.1 Å². The van der Waals surface area contributed by atoms with Crippen LogP contribution < -0.4 is 10.5 Å². The first-order valence-electron chi connectivity index (χ1n) is 5.61. The number of anilines is 1. The van der Waals surface area contributed by atoms with Crippen LogP contribution in [0, 0.1) is 10.1 Å². The van der Waals surface area contributed by atoms with Gasteiger partial charge in [-0.1, -0.05) is 0 Å². The third-order valence-corrected chi connectivity index (χ3v) is 2.25. The minimum Gasteiger partial charge on any atom is -0.477 e.